The first-order valence-corrected chi connectivity index (χ1v) is 4.59. The lowest BCUT2D eigenvalue weighted by molar-refractivity contribution is 0.719. The molecule has 0 atom stereocenters. The Morgan fingerprint density at radius 3 is 3.00 bits per heavy atom. The molecule has 4 heteroatoms. The summed E-state index contributed by atoms with van der Waals surface area (Å²) in [7, 11) is 0. The van der Waals surface area contributed by atoms with Gasteiger partial charge in [-0.25, -0.2) is 4.98 Å². The number of rotatable bonds is 4. The highest BCUT2D eigenvalue weighted by molar-refractivity contribution is 5.32. The molecule has 1 N–H and O–H groups in total. The fraction of sp³-hybridized carbons (Fsp3) is 0.400. The minimum absolute atomic E-state index is 0.0868. The Morgan fingerprint density at radius 1 is 1.71 bits per heavy atom. The smallest absolute Gasteiger partial charge is 0.293 e. The minimum Gasteiger partial charge on any atom is -0.362 e. The number of aromatic nitrogens is 2. The second-order valence-corrected chi connectivity index (χ2v) is 3.18. The number of nitrogens with one attached hydrogen (secondary N) is 1. The third-order valence-electron chi connectivity index (χ3n) is 1.81. The fourth-order valence-corrected chi connectivity index (χ4v) is 1.05. The molecule has 0 radical (unpaired) electrons. The van der Waals surface area contributed by atoms with Crippen LogP contribution in [0.15, 0.2) is 29.3 Å². The van der Waals surface area contributed by atoms with Crippen LogP contribution in [-0.2, 0) is 6.54 Å². The van der Waals surface area contributed by atoms with Crippen LogP contribution in [-0.4, -0.2) is 16.1 Å². The lowest BCUT2D eigenvalue weighted by Gasteiger charge is -2.06. The van der Waals surface area contributed by atoms with Gasteiger partial charge in [-0.15, -0.1) is 0 Å². The molecule has 0 amide bonds. The third kappa shape index (κ3) is 2.45. The molecule has 14 heavy (non-hydrogen) atoms. The van der Waals surface area contributed by atoms with Crippen molar-refractivity contribution in [1.29, 1.82) is 0 Å². The van der Waals surface area contributed by atoms with Crippen molar-refractivity contribution in [2.24, 2.45) is 0 Å². The van der Waals surface area contributed by atoms with Crippen LogP contribution in [0.25, 0.3) is 0 Å². The van der Waals surface area contributed by atoms with Crippen molar-refractivity contribution in [3.05, 3.63) is 34.9 Å². The zero-order valence-electron chi connectivity index (χ0n) is 8.58. The van der Waals surface area contributed by atoms with Crippen LogP contribution in [0.1, 0.15) is 13.8 Å². The lowest BCUT2D eigenvalue weighted by Crippen LogP contribution is -2.24. The first kappa shape index (κ1) is 10.5. The van der Waals surface area contributed by atoms with Crippen molar-refractivity contribution >= 4 is 5.82 Å². The molecule has 0 unspecified atom stereocenters. The predicted octanol–water partition coefficient (Wildman–Crippen LogP) is 1.25. The number of hydrogen-bond donors (Lipinski definition) is 1. The summed E-state index contributed by atoms with van der Waals surface area (Å²) < 4.78 is 1.60. The summed E-state index contributed by atoms with van der Waals surface area (Å²) in [6.07, 6.45) is 3.29. The summed E-state index contributed by atoms with van der Waals surface area (Å²) in [5, 5.41) is 2.94. The van der Waals surface area contributed by atoms with E-state index in [1.807, 2.05) is 13.8 Å². The monoisotopic (exact) mass is 193 g/mol. The summed E-state index contributed by atoms with van der Waals surface area (Å²) in [4.78, 5) is 15.6. The molecule has 0 saturated carbocycles. The fourth-order valence-electron chi connectivity index (χ4n) is 1.05. The molecule has 1 heterocycles. The number of aryl methyl sites for hydroxylation is 1. The summed E-state index contributed by atoms with van der Waals surface area (Å²) in [5.74, 6) is 0.386. The molecule has 76 valence electrons. The Kier molecular flexibility index (Phi) is 3.45. The second kappa shape index (κ2) is 4.60. The van der Waals surface area contributed by atoms with Crippen LogP contribution in [0.5, 0.6) is 0 Å². The zero-order chi connectivity index (χ0) is 10.6. The van der Waals surface area contributed by atoms with E-state index in [9.17, 15) is 4.79 Å². The van der Waals surface area contributed by atoms with Crippen molar-refractivity contribution in [2.75, 3.05) is 11.9 Å². The van der Waals surface area contributed by atoms with Crippen LogP contribution in [0.3, 0.4) is 0 Å². The third-order valence-corrected chi connectivity index (χ3v) is 1.81. The summed E-state index contributed by atoms with van der Waals surface area (Å²) in [6.45, 7) is 8.80. The quantitative estimate of drug-likeness (QED) is 0.732. The molecule has 0 saturated heterocycles. The predicted molar refractivity (Wildman–Crippen MR) is 57.5 cm³/mol. The molecule has 1 aromatic rings. The van der Waals surface area contributed by atoms with Gasteiger partial charge in [-0.05, 0) is 13.8 Å². The topological polar surface area (TPSA) is 46.9 Å². The van der Waals surface area contributed by atoms with Crippen LogP contribution in [0.2, 0.25) is 0 Å². The molecular formula is C10H15N3O. The van der Waals surface area contributed by atoms with E-state index >= 15 is 0 Å². The van der Waals surface area contributed by atoms with Gasteiger partial charge in [0.1, 0.15) is 0 Å². The van der Waals surface area contributed by atoms with Crippen LogP contribution in [0.4, 0.5) is 5.82 Å². The Bertz CT molecular complexity index is 381. The number of nitrogens with zero attached hydrogens (tertiary/aromatic N) is 2. The highest BCUT2D eigenvalue weighted by Crippen LogP contribution is 1.94. The molecule has 4 nitrogen and oxygen atoms in total. The second-order valence-electron chi connectivity index (χ2n) is 3.18. The summed E-state index contributed by atoms with van der Waals surface area (Å²) in [6, 6.07) is 0. The zero-order valence-corrected chi connectivity index (χ0v) is 8.58. The van der Waals surface area contributed by atoms with Crippen LogP contribution >= 0.6 is 0 Å². The van der Waals surface area contributed by atoms with E-state index in [0.717, 1.165) is 5.57 Å². The maximum absolute atomic E-state index is 11.6. The summed E-state index contributed by atoms with van der Waals surface area (Å²) >= 11 is 0. The van der Waals surface area contributed by atoms with E-state index in [0.29, 0.717) is 18.9 Å². The highest BCUT2D eigenvalue weighted by atomic mass is 16.1. The van der Waals surface area contributed by atoms with Crippen molar-refractivity contribution in [2.45, 2.75) is 20.4 Å². The van der Waals surface area contributed by atoms with Crippen LogP contribution < -0.4 is 10.9 Å². The normalized spacial score (nSPS) is 9.86. The van der Waals surface area contributed by atoms with Crippen molar-refractivity contribution in [3.63, 3.8) is 0 Å². The lowest BCUT2D eigenvalue weighted by atomic mass is 10.3. The van der Waals surface area contributed by atoms with E-state index < -0.39 is 0 Å². The largest absolute Gasteiger partial charge is 0.362 e. The van der Waals surface area contributed by atoms with Crippen molar-refractivity contribution in [3.8, 4) is 0 Å². The maximum atomic E-state index is 11.6. The van der Waals surface area contributed by atoms with Gasteiger partial charge in [0.05, 0.1) is 0 Å². The minimum atomic E-state index is -0.0868. The molecule has 1 aromatic heterocycles. The Morgan fingerprint density at radius 2 is 2.43 bits per heavy atom. The first-order valence-electron chi connectivity index (χ1n) is 4.59. The van der Waals surface area contributed by atoms with Gasteiger partial charge in [-0.1, -0.05) is 12.2 Å². The summed E-state index contributed by atoms with van der Waals surface area (Å²) in [5.41, 5.74) is 0.884. The van der Waals surface area contributed by atoms with E-state index in [2.05, 4.69) is 16.9 Å². The maximum Gasteiger partial charge on any atom is 0.293 e. The first-order chi connectivity index (χ1) is 6.65. The van der Waals surface area contributed by atoms with Crippen LogP contribution in [0, 0.1) is 0 Å². The van der Waals surface area contributed by atoms with Gasteiger partial charge in [0.15, 0.2) is 5.82 Å². The molecule has 0 aliphatic rings. The standard InChI is InChI=1S/C10H15N3O/c1-4-13-6-5-11-9(10(13)14)12-7-8(2)3/h5-6H,2,4,7H2,1,3H3,(H,11,12). The van der Waals surface area contributed by atoms with Gasteiger partial charge in [0, 0.05) is 25.5 Å². The number of anilines is 1. The van der Waals surface area contributed by atoms with E-state index in [1.54, 1.807) is 17.0 Å². The van der Waals surface area contributed by atoms with E-state index in [1.165, 1.54) is 0 Å². The molecular weight excluding hydrogens is 178 g/mol. The SMILES string of the molecule is C=C(C)CNc1nccn(CC)c1=O. The number of hydrogen-bond acceptors (Lipinski definition) is 3. The highest BCUT2D eigenvalue weighted by Gasteiger charge is 2.01. The Hall–Kier alpha value is -1.58. The Labute approximate surface area is 83.3 Å². The van der Waals surface area contributed by atoms with Gasteiger partial charge in [0.25, 0.3) is 5.56 Å². The van der Waals surface area contributed by atoms with E-state index in [4.69, 9.17) is 0 Å². The molecule has 0 bridgehead atoms. The molecule has 0 aliphatic heterocycles. The molecule has 0 spiro atoms. The molecule has 1 rings (SSSR count). The average molecular weight is 193 g/mol. The van der Waals surface area contributed by atoms with Gasteiger partial charge < -0.3 is 9.88 Å². The molecule has 0 aromatic carbocycles. The van der Waals surface area contributed by atoms with Crippen molar-refractivity contribution < 1.29 is 0 Å². The van der Waals surface area contributed by atoms with Gasteiger partial charge in [-0.2, -0.15) is 0 Å². The van der Waals surface area contributed by atoms with E-state index in [-0.39, 0.29) is 5.56 Å². The molecule has 0 aliphatic carbocycles. The van der Waals surface area contributed by atoms with Gasteiger partial charge >= 0.3 is 0 Å². The van der Waals surface area contributed by atoms with Gasteiger partial charge in [0.2, 0.25) is 0 Å². The van der Waals surface area contributed by atoms with Crippen molar-refractivity contribution in [1.82, 2.24) is 9.55 Å². The Balaban J connectivity index is 2.87. The van der Waals surface area contributed by atoms with Gasteiger partial charge in [-0.3, -0.25) is 4.79 Å². The average Bonchev–Trinajstić information content (AvgIpc) is 2.16. The molecule has 0 fully saturated rings.